The highest BCUT2D eigenvalue weighted by molar-refractivity contribution is 5.85. The van der Waals surface area contributed by atoms with Gasteiger partial charge in [0.2, 0.25) is 0 Å². The van der Waals surface area contributed by atoms with Crippen molar-refractivity contribution < 1.29 is 0 Å². The number of piperidine rings is 1. The summed E-state index contributed by atoms with van der Waals surface area (Å²) in [6, 6.07) is 8.21. The molecule has 1 aromatic heterocycles. The monoisotopic (exact) mass is 279 g/mol. The van der Waals surface area contributed by atoms with Crippen LogP contribution in [0.1, 0.15) is 42.7 Å². The van der Waals surface area contributed by atoms with E-state index < -0.39 is 0 Å². The summed E-state index contributed by atoms with van der Waals surface area (Å²) in [5.74, 6) is 1.50. The molecule has 108 valence electrons. The average molecular weight is 279 g/mol. The average Bonchev–Trinajstić information content (AvgIpc) is 3.15. The number of nitrogens with one attached hydrogen (secondary N) is 1. The molecule has 2 heterocycles. The quantitative estimate of drug-likeness (QED) is 0.932. The van der Waals surface area contributed by atoms with Crippen molar-refractivity contribution in [1.29, 1.82) is 5.26 Å². The molecule has 3 nitrogen and oxygen atoms in total. The van der Waals surface area contributed by atoms with E-state index in [2.05, 4.69) is 22.1 Å². The summed E-state index contributed by atoms with van der Waals surface area (Å²) in [4.78, 5) is 6.00. The fraction of sp³-hybridized carbons (Fsp3) is 0.500. The number of likely N-dealkylation sites (tertiary alicyclic amines) is 1. The Labute approximate surface area is 125 Å². The van der Waals surface area contributed by atoms with Gasteiger partial charge in [0.1, 0.15) is 0 Å². The Morgan fingerprint density at radius 1 is 1.24 bits per heavy atom. The highest BCUT2D eigenvalue weighted by atomic mass is 15.1. The number of aromatic amines is 1. The summed E-state index contributed by atoms with van der Waals surface area (Å²) in [5.41, 5.74) is 3.34. The van der Waals surface area contributed by atoms with Gasteiger partial charge in [0.25, 0.3) is 0 Å². The van der Waals surface area contributed by atoms with Gasteiger partial charge in [0, 0.05) is 23.6 Å². The van der Waals surface area contributed by atoms with Gasteiger partial charge in [-0.1, -0.05) is 6.42 Å². The molecule has 1 aromatic carbocycles. The van der Waals surface area contributed by atoms with Gasteiger partial charge in [-0.2, -0.15) is 5.26 Å². The molecule has 1 aliphatic heterocycles. The van der Waals surface area contributed by atoms with Crippen LogP contribution in [-0.4, -0.2) is 29.5 Å². The van der Waals surface area contributed by atoms with Crippen LogP contribution in [0, 0.1) is 17.2 Å². The lowest BCUT2D eigenvalue weighted by molar-refractivity contribution is 0.219. The molecule has 2 aliphatic rings. The van der Waals surface area contributed by atoms with Crippen molar-refractivity contribution in [3.63, 3.8) is 0 Å². The van der Waals surface area contributed by atoms with Crippen LogP contribution >= 0.6 is 0 Å². The molecule has 2 atom stereocenters. The zero-order chi connectivity index (χ0) is 14.2. The van der Waals surface area contributed by atoms with Gasteiger partial charge in [-0.15, -0.1) is 0 Å². The van der Waals surface area contributed by atoms with Crippen LogP contribution in [0.2, 0.25) is 0 Å². The maximum absolute atomic E-state index is 9.08. The van der Waals surface area contributed by atoms with Crippen molar-refractivity contribution in [2.24, 2.45) is 5.92 Å². The molecule has 0 radical (unpaired) electrons. The molecule has 1 saturated carbocycles. The molecule has 1 saturated heterocycles. The maximum Gasteiger partial charge on any atom is 0.0991 e. The standard InChI is InChI=1S/C18H21N3/c19-10-13-4-5-18-16(8-13)17(11-20-18)15-9-14(15)12-21-6-2-1-3-7-21/h4-5,8,11,14-15,20H,1-3,6-7,9,12H2/t14-,15+/m0/s1. The second kappa shape index (κ2) is 5.20. The van der Waals surface area contributed by atoms with Gasteiger partial charge in [0.05, 0.1) is 11.6 Å². The molecule has 21 heavy (non-hydrogen) atoms. The fourth-order valence-electron chi connectivity index (χ4n) is 3.82. The van der Waals surface area contributed by atoms with E-state index in [1.165, 1.54) is 56.3 Å². The van der Waals surface area contributed by atoms with Gasteiger partial charge >= 0.3 is 0 Å². The minimum atomic E-state index is 0.689. The Kier molecular flexibility index (Phi) is 3.20. The Hall–Kier alpha value is -1.79. The third kappa shape index (κ3) is 2.45. The van der Waals surface area contributed by atoms with Crippen LogP contribution < -0.4 is 0 Å². The smallest absolute Gasteiger partial charge is 0.0991 e. The minimum absolute atomic E-state index is 0.689. The first-order valence-corrected chi connectivity index (χ1v) is 8.08. The first kappa shape index (κ1) is 12.9. The lowest BCUT2D eigenvalue weighted by atomic mass is 10.0. The van der Waals surface area contributed by atoms with Crippen LogP contribution in [0.15, 0.2) is 24.4 Å². The molecule has 4 rings (SSSR count). The number of hydrogen-bond donors (Lipinski definition) is 1. The second-order valence-corrected chi connectivity index (χ2v) is 6.58. The minimum Gasteiger partial charge on any atom is -0.361 e. The molecule has 0 spiro atoms. The molecular formula is C18H21N3. The Bertz CT molecular complexity index is 688. The lowest BCUT2D eigenvalue weighted by Gasteiger charge is -2.26. The molecule has 2 fully saturated rings. The van der Waals surface area contributed by atoms with Crippen molar-refractivity contribution in [2.75, 3.05) is 19.6 Å². The van der Waals surface area contributed by atoms with Gasteiger partial charge < -0.3 is 9.88 Å². The number of nitriles is 1. The zero-order valence-corrected chi connectivity index (χ0v) is 12.3. The van der Waals surface area contributed by atoms with Crippen LogP contribution in [0.5, 0.6) is 0 Å². The van der Waals surface area contributed by atoms with E-state index in [0.29, 0.717) is 5.92 Å². The summed E-state index contributed by atoms with van der Waals surface area (Å²) >= 11 is 0. The fourth-order valence-corrected chi connectivity index (χ4v) is 3.82. The van der Waals surface area contributed by atoms with Crippen LogP contribution in [-0.2, 0) is 0 Å². The van der Waals surface area contributed by atoms with E-state index in [-0.39, 0.29) is 0 Å². The summed E-state index contributed by atoms with van der Waals surface area (Å²) < 4.78 is 0. The molecule has 0 unspecified atom stereocenters. The predicted octanol–water partition coefficient (Wildman–Crippen LogP) is 3.63. The van der Waals surface area contributed by atoms with Gasteiger partial charge in [-0.25, -0.2) is 0 Å². The summed E-state index contributed by atoms with van der Waals surface area (Å²) in [6.07, 6.45) is 7.61. The lowest BCUT2D eigenvalue weighted by Crippen LogP contribution is -2.31. The molecule has 2 aromatic rings. The number of rotatable bonds is 3. The predicted molar refractivity (Wildman–Crippen MR) is 84.2 cm³/mol. The SMILES string of the molecule is N#Cc1ccc2[nH]cc([C@@H]3C[C@H]3CN3CCCCC3)c2c1. The van der Waals surface area contributed by atoms with Crippen molar-refractivity contribution in [3.05, 3.63) is 35.5 Å². The summed E-state index contributed by atoms with van der Waals surface area (Å²) in [5, 5.41) is 10.3. The van der Waals surface area contributed by atoms with Crippen LogP contribution in [0.4, 0.5) is 0 Å². The van der Waals surface area contributed by atoms with Crippen molar-refractivity contribution in [1.82, 2.24) is 9.88 Å². The van der Waals surface area contributed by atoms with Crippen molar-refractivity contribution in [3.8, 4) is 6.07 Å². The van der Waals surface area contributed by atoms with Gasteiger partial charge in [0.15, 0.2) is 0 Å². The maximum atomic E-state index is 9.08. The topological polar surface area (TPSA) is 42.8 Å². The Morgan fingerprint density at radius 3 is 2.90 bits per heavy atom. The Balaban J connectivity index is 1.51. The van der Waals surface area contributed by atoms with Crippen LogP contribution in [0.25, 0.3) is 10.9 Å². The van der Waals surface area contributed by atoms with E-state index in [9.17, 15) is 0 Å². The highest BCUT2D eigenvalue weighted by Gasteiger charge is 2.40. The number of aromatic nitrogens is 1. The number of fused-ring (bicyclic) bond motifs is 1. The third-order valence-electron chi connectivity index (χ3n) is 5.11. The molecular weight excluding hydrogens is 258 g/mol. The summed E-state index contributed by atoms with van der Waals surface area (Å²) in [7, 11) is 0. The van der Waals surface area contributed by atoms with Crippen molar-refractivity contribution in [2.45, 2.75) is 31.6 Å². The summed E-state index contributed by atoms with van der Waals surface area (Å²) in [6.45, 7) is 3.83. The van der Waals surface area contributed by atoms with Gasteiger partial charge in [-0.05, 0) is 68.0 Å². The number of hydrogen-bond acceptors (Lipinski definition) is 2. The third-order valence-corrected chi connectivity index (χ3v) is 5.11. The van der Waals surface area contributed by atoms with E-state index >= 15 is 0 Å². The second-order valence-electron chi connectivity index (χ2n) is 6.58. The van der Waals surface area contributed by atoms with E-state index in [0.717, 1.165) is 17.0 Å². The number of benzene rings is 1. The van der Waals surface area contributed by atoms with E-state index in [1.807, 2.05) is 18.2 Å². The molecule has 0 bridgehead atoms. The number of H-pyrrole nitrogens is 1. The number of nitrogens with zero attached hydrogens (tertiary/aromatic N) is 2. The normalized spacial score (nSPS) is 25.9. The molecule has 1 N–H and O–H groups in total. The van der Waals surface area contributed by atoms with E-state index in [4.69, 9.17) is 5.26 Å². The van der Waals surface area contributed by atoms with E-state index in [1.54, 1.807) is 0 Å². The van der Waals surface area contributed by atoms with Crippen LogP contribution in [0.3, 0.4) is 0 Å². The molecule has 3 heteroatoms. The van der Waals surface area contributed by atoms with Gasteiger partial charge in [-0.3, -0.25) is 0 Å². The molecule has 0 amide bonds. The first-order chi connectivity index (χ1) is 10.3. The zero-order valence-electron chi connectivity index (χ0n) is 12.3. The Morgan fingerprint density at radius 2 is 2.10 bits per heavy atom. The van der Waals surface area contributed by atoms with Crippen molar-refractivity contribution >= 4 is 10.9 Å². The largest absolute Gasteiger partial charge is 0.361 e. The first-order valence-electron chi connectivity index (χ1n) is 8.08. The molecule has 1 aliphatic carbocycles. The highest BCUT2D eigenvalue weighted by Crippen LogP contribution is 2.50.